The minimum atomic E-state index is -0.285. The second-order valence-electron chi connectivity index (χ2n) is 9.72. The van der Waals surface area contributed by atoms with Gasteiger partial charge in [-0.15, -0.1) is 0 Å². The van der Waals surface area contributed by atoms with E-state index < -0.39 is 0 Å². The largest absolute Gasteiger partial charge is 0.441 e. The lowest BCUT2D eigenvalue weighted by molar-refractivity contribution is -0.111. The summed E-state index contributed by atoms with van der Waals surface area (Å²) in [5.74, 6) is 1.11. The van der Waals surface area contributed by atoms with Gasteiger partial charge in [-0.25, -0.2) is 9.97 Å². The number of nitrogens with one attached hydrogen (secondary N) is 2. The number of benzene rings is 1. The van der Waals surface area contributed by atoms with Crippen molar-refractivity contribution in [3.05, 3.63) is 71.4 Å². The molecule has 36 heavy (non-hydrogen) atoms. The Hall–Kier alpha value is -3.72. The molecule has 0 aliphatic carbocycles. The van der Waals surface area contributed by atoms with Crippen LogP contribution in [0.2, 0.25) is 0 Å². The van der Waals surface area contributed by atoms with Crippen molar-refractivity contribution in [2.75, 3.05) is 23.7 Å². The number of hydrogen-bond acceptors (Lipinski definition) is 7. The number of carbonyl (C=O) groups is 2. The fourth-order valence-electron chi connectivity index (χ4n) is 3.82. The zero-order chi connectivity index (χ0) is 25.7. The minimum absolute atomic E-state index is 0.0218. The molecule has 3 heterocycles. The molecule has 1 aromatic carbocycles. The van der Waals surface area contributed by atoms with Crippen LogP contribution in [0.15, 0.2) is 53.7 Å². The van der Waals surface area contributed by atoms with Gasteiger partial charge in [-0.05, 0) is 49.3 Å². The number of anilines is 2. The highest BCUT2D eigenvalue weighted by atomic mass is 32.1. The Kier molecular flexibility index (Phi) is 7.69. The Balaban J connectivity index is 1.33. The first-order chi connectivity index (χ1) is 17.2. The fourth-order valence-corrected chi connectivity index (χ4v) is 4.62. The zero-order valence-electron chi connectivity index (χ0n) is 20.8. The van der Waals surface area contributed by atoms with E-state index in [1.807, 2.05) is 23.2 Å². The number of carbonyl (C=O) groups excluding carboxylic acids is 2. The summed E-state index contributed by atoms with van der Waals surface area (Å²) in [6.45, 7) is 11.0. The normalized spacial score (nSPS) is 16.2. The van der Waals surface area contributed by atoms with Crippen LogP contribution in [0.5, 0.6) is 0 Å². The van der Waals surface area contributed by atoms with Gasteiger partial charge in [0.1, 0.15) is 5.76 Å². The van der Waals surface area contributed by atoms with Gasteiger partial charge in [-0.3, -0.25) is 9.59 Å². The number of aromatic nitrogens is 2. The lowest BCUT2D eigenvalue weighted by Gasteiger charge is -2.33. The van der Waals surface area contributed by atoms with Gasteiger partial charge in [-0.2, -0.15) is 0 Å². The predicted octanol–water partition coefficient (Wildman–Crippen LogP) is 5.44. The molecule has 1 fully saturated rings. The van der Waals surface area contributed by atoms with E-state index >= 15 is 0 Å². The smallest absolute Gasteiger partial charge is 0.253 e. The predicted molar refractivity (Wildman–Crippen MR) is 144 cm³/mol. The van der Waals surface area contributed by atoms with Crippen molar-refractivity contribution in [2.24, 2.45) is 0 Å². The summed E-state index contributed by atoms with van der Waals surface area (Å²) >= 11 is 1.55. The Morgan fingerprint density at radius 1 is 1.17 bits per heavy atom. The molecule has 0 spiro atoms. The molecule has 2 aromatic heterocycles. The Morgan fingerprint density at radius 2 is 1.94 bits per heavy atom. The number of oxazole rings is 1. The van der Waals surface area contributed by atoms with Gasteiger partial charge in [0, 0.05) is 52.9 Å². The standard InChI is InChI=1S/C27H31N5O3S/c1-5-23(33)30-19-10-8-18(9-11-19)25(34)32-14-6-7-20(17-32)31-26-29-15-21(36-26)12-13-24-28-16-22(35-24)27(2,3)4/h5,8-13,15-16,20H,1,6-7,14,17H2,2-4H3,(H,29,31)(H,30,33). The molecule has 0 radical (unpaired) electrons. The first-order valence-corrected chi connectivity index (χ1v) is 12.7. The van der Waals surface area contributed by atoms with E-state index in [9.17, 15) is 9.59 Å². The second-order valence-corrected chi connectivity index (χ2v) is 10.8. The van der Waals surface area contributed by atoms with Crippen LogP contribution in [-0.4, -0.2) is 45.8 Å². The molecule has 1 atom stereocenters. The fraction of sp³-hybridized carbons (Fsp3) is 0.333. The zero-order valence-corrected chi connectivity index (χ0v) is 21.6. The average Bonchev–Trinajstić information content (AvgIpc) is 3.52. The summed E-state index contributed by atoms with van der Waals surface area (Å²) in [7, 11) is 0. The number of piperidine rings is 1. The van der Waals surface area contributed by atoms with E-state index in [0.717, 1.165) is 28.6 Å². The summed E-state index contributed by atoms with van der Waals surface area (Å²) in [5, 5.41) is 6.99. The second kappa shape index (κ2) is 10.9. The van der Waals surface area contributed by atoms with Gasteiger partial charge in [-0.1, -0.05) is 38.7 Å². The number of nitrogens with zero attached hydrogens (tertiary/aromatic N) is 3. The van der Waals surface area contributed by atoms with Crippen LogP contribution >= 0.6 is 11.3 Å². The highest BCUT2D eigenvalue weighted by molar-refractivity contribution is 7.16. The molecule has 8 nitrogen and oxygen atoms in total. The van der Waals surface area contributed by atoms with Crippen LogP contribution < -0.4 is 10.6 Å². The Bertz CT molecular complexity index is 1250. The van der Waals surface area contributed by atoms with Crippen LogP contribution in [-0.2, 0) is 10.2 Å². The van der Waals surface area contributed by atoms with Crippen molar-refractivity contribution in [1.82, 2.24) is 14.9 Å². The molecule has 3 aromatic rings. The van der Waals surface area contributed by atoms with E-state index in [2.05, 4.69) is 48.0 Å². The molecule has 1 unspecified atom stereocenters. The maximum Gasteiger partial charge on any atom is 0.253 e. The summed E-state index contributed by atoms with van der Waals surface area (Å²) in [4.78, 5) is 36.1. The maximum absolute atomic E-state index is 13.0. The van der Waals surface area contributed by atoms with Crippen molar-refractivity contribution in [3.63, 3.8) is 0 Å². The molecule has 2 N–H and O–H groups in total. The minimum Gasteiger partial charge on any atom is -0.441 e. The van der Waals surface area contributed by atoms with Gasteiger partial charge in [0.15, 0.2) is 5.13 Å². The first kappa shape index (κ1) is 25.4. The quantitative estimate of drug-likeness (QED) is 0.415. The molecule has 2 amide bonds. The van der Waals surface area contributed by atoms with Crippen molar-refractivity contribution in [1.29, 1.82) is 0 Å². The third-order valence-corrected chi connectivity index (χ3v) is 6.69. The highest BCUT2D eigenvalue weighted by Crippen LogP contribution is 2.26. The third kappa shape index (κ3) is 6.48. The van der Waals surface area contributed by atoms with Crippen molar-refractivity contribution in [3.8, 4) is 0 Å². The van der Waals surface area contributed by atoms with Gasteiger partial charge >= 0.3 is 0 Å². The number of rotatable bonds is 7. The lowest BCUT2D eigenvalue weighted by Crippen LogP contribution is -2.45. The number of amides is 2. The highest BCUT2D eigenvalue weighted by Gasteiger charge is 2.25. The number of thiazole rings is 1. The van der Waals surface area contributed by atoms with Gasteiger partial charge in [0.25, 0.3) is 5.91 Å². The molecule has 0 saturated carbocycles. The molecule has 1 aliphatic rings. The Labute approximate surface area is 215 Å². The van der Waals surface area contributed by atoms with E-state index in [1.165, 1.54) is 6.08 Å². The molecular formula is C27H31N5O3S. The van der Waals surface area contributed by atoms with E-state index in [4.69, 9.17) is 4.42 Å². The molecule has 1 saturated heterocycles. The van der Waals surface area contributed by atoms with E-state index in [1.54, 1.807) is 41.8 Å². The van der Waals surface area contributed by atoms with Gasteiger partial charge in [0.2, 0.25) is 11.8 Å². The summed E-state index contributed by atoms with van der Waals surface area (Å²) in [5.41, 5.74) is 1.14. The van der Waals surface area contributed by atoms with Crippen LogP contribution in [0.3, 0.4) is 0 Å². The van der Waals surface area contributed by atoms with Crippen molar-refractivity contribution in [2.45, 2.75) is 45.1 Å². The molecule has 1 aliphatic heterocycles. The number of likely N-dealkylation sites (tertiary alicyclic amines) is 1. The Morgan fingerprint density at radius 3 is 2.64 bits per heavy atom. The summed E-state index contributed by atoms with van der Waals surface area (Å²) in [6, 6.07) is 7.03. The molecule has 188 valence electrons. The molecule has 4 rings (SSSR count). The van der Waals surface area contributed by atoms with Crippen LogP contribution in [0.4, 0.5) is 10.8 Å². The first-order valence-electron chi connectivity index (χ1n) is 11.9. The van der Waals surface area contributed by atoms with Crippen LogP contribution in [0.1, 0.15) is 60.5 Å². The molecular weight excluding hydrogens is 474 g/mol. The molecule has 0 bridgehead atoms. The SMILES string of the molecule is C=CC(=O)Nc1ccc(C(=O)N2CCCC(Nc3ncc(C=Cc4ncc(C(C)(C)C)o4)s3)C2)cc1. The van der Waals surface area contributed by atoms with Crippen molar-refractivity contribution >= 4 is 46.1 Å². The topological polar surface area (TPSA) is 100 Å². The van der Waals surface area contributed by atoms with Gasteiger partial charge < -0.3 is 20.0 Å². The van der Waals surface area contributed by atoms with E-state index in [0.29, 0.717) is 30.2 Å². The van der Waals surface area contributed by atoms with Crippen molar-refractivity contribution < 1.29 is 14.0 Å². The summed E-state index contributed by atoms with van der Waals surface area (Å²) < 4.78 is 5.81. The lowest BCUT2D eigenvalue weighted by atomic mass is 9.94. The monoisotopic (exact) mass is 505 g/mol. The average molecular weight is 506 g/mol. The van der Waals surface area contributed by atoms with Crippen LogP contribution in [0, 0.1) is 0 Å². The maximum atomic E-state index is 13.0. The van der Waals surface area contributed by atoms with Crippen LogP contribution in [0.25, 0.3) is 12.2 Å². The summed E-state index contributed by atoms with van der Waals surface area (Å²) in [6.07, 6.45) is 10.5. The number of hydrogen-bond donors (Lipinski definition) is 2. The van der Waals surface area contributed by atoms with E-state index in [-0.39, 0.29) is 23.3 Å². The third-order valence-electron chi connectivity index (χ3n) is 5.80. The van der Waals surface area contributed by atoms with Gasteiger partial charge in [0.05, 0.1) is 6.20 Å². The molecule has 9 heteroatoms.